The maximum atomic E-state index is 10.8. The van der Waals surface area contributed by atoms with Crippen LogP contribution in [0.4, 0.5) is 11.1 Å². The van der Waals surface area contributed by atoms with E-state index < -0.39 is 9.84 Å². The molecule has 0 aromatic carbocycles. The van der Waals surface area contributed by atoms with Crippen molar-refractivity contribution in [3.63, 3.8) is 0 Å². The van der Waals surface area contributed by atoms with Crippen molar-refractivity contribution in [2.75, 3.05) is 29.6 Å². The standard InChI is InChI=1S/C6H12N4O2S2/c1-14(11,12)4-2-3-8-6-9-5(7)10-13-6/h2-4H2,1H3,(H3,7,8,9,10). The summed E-state index contributed by atoms with van der Waals surface area (Å²) in [6, 6.07) is 0. The molecule has 0 aliphatic carbocycles. The number of nitrogen functional groups attached to an aromatic ring is 1. The highest BCUT2D eigenvalue weighted by Crippen LogP contribution is 2.11. The Bertz CT molecular complexity index is 386. The Morgan fingerprint density at radius 3 is 2.79 bits per heavy atom. The van der Waals surface area contributed by atoms with Crippen LogP contribution in [0.2, 0.25) is 0 Å². The molecule has 0 radical (unpaired) electrons. The molecule has 1 aromatic heterocycles. The van der Waals surface area contributed by atoms with E-state index >= 15 is 0 Å². The first-order valence-electron chi connectivity index (χ1n) is 3.98. The lowest BCUT2D eigenvalue weighted by atomic mass is 10.5. The summed E-state index contributed by atoms with van der Waals surface area (Å²) in [7, 11) is -2.87. The Kier molecular flexibility index (Phi) is 3.64. The summed E-state index contributed by atoms with van der Waals surface area (Å²) in [4.78, 5) is 3.87. The molecule has 14 heavy (non-hydrogen) atoms. The number of nitrogens with zero attached hydrogens (tertiary/aromatic N) is 2. The van der Waals surface area contributed by atoms with Crippen molar-refractivity contribution in [2.45, 2.75) is 6.42 Å². The van der Waals surface area contributed by atoms with Gasteiger partial charge in [-0.3, -0.25) is 0 Å². The number of aromatic nitrogens is 2. The van der Waals surface area contributed by atoms with Gasteiger partial charge in [0.15, 0.2) is 0 Å². The Labute approximate surface area is 86.6 Å². The second-order valence-electron chi connectivity index (χ2n) is 2.87. The largest absolute Gasteiger partial charge is 0.367 e. The molecule has 0 spiro atoms. The Balaban J connectivity index is 2.23. The quantitative estimate of drug-likeness (QED) is 0.696. The third-order valence-corrected chi connectivity index (χ3v) is 3.13. The monoisotopic (exact) mass is 236 g/mol. The molecule has 1 rings (SSSR count). The number of hydrogen-bond donors (Lipinski definition) is 2. The Hall–Kier alpha value is -0.890. The van der Waals surface area contributed by atoms with E-state index in [4.69, 9.17) is 5.73 Å². The topological polar surface area (TPSA) is 98.0 Å². The van der Waals surface area contributed by atoms with Crippen LogP contribution < -0.4 is 11.1 Å². The lowest BCUT2D eigenvalue weighted by molar-refractivity contribution is 0.600. The third kappa shape index (κ3) is 4.38. The van der Waals surface area contributed by atoms with Gasteiger partial charge in [-0.25, -0.2) is 8.42 Å². The SMILES string of the molecule is CS(=O)(=O)CCCNc1nc(N)ns1. The third-order valence-electron chi connectivity index (χ3n) is 1.41. The van der Waals surface area contributed by atoms with Crippen LogP contribution in [-0.4, -0.2) is 36.3 Å². The Morgan fingerprint density at radius 2 is 2.29 bits per heavy atom. The van der Waals surface area contributed by atoms with E-state index in [0.29, 0.717) is 18.1 Å². The van der Waals surface area contributed by atoms with Gasteiger partial charge in [-0.05, 0) is 6.42 Å². The van der Waals surface area contributed by atoms with Crippen LogP contribution in [0.25, 0.3) is 0 Å². The summed E-state index contributed by atoms with van der Waals surface area (Å²) in [6.07, 6.45) is 1.77. The van der Waals surface area contributed by atoms with Crippen LogP contribution in [0.3, 0.4) is 0 Å². The molecule has 0 amide bonds. The molecule has 0 aliphatic heterocycles. The normalized spacial score (nSPS) is 11.5. The summed E-state index contributed by atoms with van der Waals surface area (Å²) in [5, 5.41) is 3.56. The van der Waals surface area contributed by atoms with Crippen molar-refractivity contribution in [3.05, 3.63) is 0 Å². The van der Waals surface area contributed by atoms with E-state index in [-0.39, 0.29) is 11.7 Å². The average molecular weight is 236 g/mol. The van der Waals surface area contributed by atoms with Crippen molar-refractivity contribution in [3.8, 4) is 0 Å². The summed E-state index contributed by atoms with van der Waals surface area (Å²) in [5.41, 5.74) is 5.30. The van der Waals surface area contributed by atoms with Gasteiger partial charge >= 0.3 is 0 Å². The number of sulfone groups is 1. The van der Waals surface area contributed by atoms with Crippen LogP contribution in [0.5, 0.6) is 0 Å². The first-order valence-corrected chi connectivity index (χ1v) is 6.81. The molecule has 0 unspecified atom stereocenters. The molecule has 0 fully saturated rings. The summed E-state index contributed by atoms with van der Waals surface area (Å²) in [5.74, 6) is 0.412. The van der Waals surface area contributed by atoms with Gasteiger partial charge in [0.25, 0.3) is 0 Å². The van der Waals surface area contributed by atoms with Crippen LogP contribution in [0.1, 0.15) is 6.42 Å². The van der Waals surface area contributed by atoms with Crippen molar-refractivity contribution in [2.24, 2.45) is 0 Å². The highest BCUT2D eigenvalue weighted by atomic mass is 32.2. The summed E-state index contributed by atoms with van der Waals surface area (Å²) < 4.78 is 25.3. The molecule has 0 saturated carbocycles. The predicted molar refractivity (Wildman–Crippen MR) is 57.1 cm³/mol. The zero-order chi connectivity index (χ0) is 10.6. The Morgan fingerprint density at radius 1 is 1.57 bits per heavy atom. The van der Waals surface area contributed by atoms with Crippen LogP contribution >= 0.6 is 11.5 Å². The zero-order valence-corrected chi connectivity index (χ0v) is 9.36. The van der Waals surface area contributed by atoms with E-state index in [0.717, 1.165) is 11.5 Å². The molecular weight excluding hydrogens is 224 g/mol. The van der Waals surface area contributed by atoms with Gasteiger partial charge in [0.1, 0.15) is 9.84 Å². The average Bonchev–Trinajstić information content (AvgIpc) is 2.44. The van der Waals surface area contributed by atoms with Crippen LogP contribution in [0, 0.1) is 0 Å². The molecule has 1 heterocycles. The van der Waals surface area contributed by atoms with Crippen molar-refractivity contribution < 1.29 is 8.42 Å². The minimum atomic E-state index is -2.87. The van der Waals surface area contributed by atoms with Crippen LogP contribution in [-0.2, 0) is 9.84 Å². The molecule has 80 valence electrons. The number of anilines is 2. The molecule has 6 nitrogen and oxygen atoms in total. The van der Waals surface area contributed by atoms with E-state index in [1.54, 1.807) is 0 Å². The highest BCUT2D eigenvalue weighted by molar-refractivity contribution is 7.90. The van der Waals surface area contributed by atoms with E-state index in [9.17, 15) is 8.42 Å². The first kappa shape index (κ1) is 11.2. The number of rotatable bonds is 5. The lowest BCUT2D eigenvalue weighted by Crippen LogP contribution is -2.09. The number of hydrogen-bond acceptors (Lipinski definition) is 7. The van der Waals surface area contributed by atoms with Gasteiger partial charge in [0.2, 0.25) is 11.1 Å². The first-order chi connectivity index (χ1) is 6.47. The van der Waals surface area contributed by atoms with Gasteiger partial charge in [-0.15, -0.1) is 0 Å². The highest BCUT2D eigenvalue weighted by Gasteiger charge is 2.02. The molecule has 1 aromatic rings. The fourth-order valence-corrected chi connectivity index (χ4v) is 2.03. The molecular formula is C6H12N4O2S2. The lowest BCUT2D eigenvalue weighted by Gasteiger charge is -2.00. The van der Waals surface area contributed by atoms with Gasteiger partial charge < -0.3 is 11.1 Å². The van der Waals surface area contributed by atoms with Crippen molar-refractivity contribution in [1.29, 1.82) is 0 Å². The smallest absolute Gasteiger partial charge is 0.233 e. The van der Waals surface area contributed by atoms with Crippen molar-refractivity contribution in [1.82, 2.24) is 9.36 Å². The zero-order valence-electron chi connectivity index (χ0n) is 7.73. The van der Waals surface area contributed by atoms with Gasteiger partial charge in [0.05, 0.1) is 5.75 Å². The minimum absolute atomic E-state index is 0.175. The number of nitrogens with two attached hydrogens (primary N) is 1. The van der Waals surface area contributed by atoms with Crippen molar-refractivity contribution >= 4 is 32.4 Å². The molecule has 0 saturated heterocycles. The predicted octanol–water partition coefficient (Wildman–Crippen LogP) is -0.0331. The van der Waals surface area contributed by atoms with E-state index in [2.05, 4.69) is 14.7 Å². The second-order valence-corrected chi connectivity index (χ2v) is 5.88. The minimum Gasteiger partial charge on any atom is -0.367 e. The molecule has 3 N–H and O–H groups in total. The van der Waals surface area contributed by atoms with Gasteiger partial charge in [-0.2, -0.15) is 9.36 Å². The van der Waals surface area contributed by atoms with Gasteiger partial charge in [0, 0.05) is 24.3 Å². The molecule has 8 heteroatoms. The summed E-state index contributed by atoms with van der Waals surface area (Å²) >= 11 is 1.16. The van der Waals surface area contributed by atoms with E-state index in [1.165, 1.54) is 6.26 Å². The molecule has 0 aliphatic rings. The fraction of sp³-hybridized carbons (Fsp3) is 0.667. The maximum Gasteiger partial charge on any atom is 0.233 e. The second kappa shape index (κ2) is 4.56. The van der Waals surface area contributed by atoms with Gasteiger partial charge in [-0.1, -0.05) is 0 Å². The molecule has 0 bridgehead atoms. The summed E-state index contributed by atoms with van der Waals surface area (Å²) in [6.45, 7) is 0.557. The number of nitrogens with one attached hydrogen (secondary N) is 1. The van der Waals surface area contributed by atoms with E-state index in [1.807, 2.05) is 0 Å². The fourth-order valence-electron chi connectivity index (χ4n) is 0.836. The maximum absolute atomic E-state index is 10.8. The van der Waals surface area contributed by atoms with Crippen LogP contribution in [0.15, 0.2) is 0 Å². The molecule has 0 atom stereocenters.